The lowest BCUT2D eigenvalue weighted by Gasteiger charge is -2.05. The van der Waals surface area contributed by atoms with Gasteiger partial charge >= 0.3 is 5.97 Å². The molecule has 106 valence electrons. The standard InChI is InChI=1S/C19H13NO2/c21-19(22)14-9-5-11-16-18(14)17-13(8-4-10-15(17)20-16)12-6-2-1-3-7-12/h1-11,20H,(H,21,22). The lowest BCUT2D eigenvalue weighted by molar-refractivity contribution is 0.0699. The second kappa shape index (κ2) is 4.74. The molecule has 0 bridgehead atoms. The van der Waals surface area contributed by atoms with E-state index >= 15 is 0 Å². The summed E-state index contributed by atoms with van der Waals surface area (Å²) in [5.74, 6) is -0.908. The minimum Gasteiger partial charge on any atom is -0.478 e. The van der Waals surface area contributed by atoms with Gasteiger partial charge in [-0.05, 0) is 29.3 Å². The molecule has 0 unspecified atom stereocenters. The van der Waals surface area contributed by atoms with Crippen LogP contribution in [0.4, 0.5) is 0 Å². The van der Waals surface area contributed by atoms with Crippen LogP contribution < -0.4 is 0 Å². The van der Waals surface area contributed by atoms with Crippen molar-refractivity contribution < 1.29 is 9.90 Å². The number of hydrogen-bond donors (Lipinski definition) is 2. The second-order valence-corrected chi connectivity index (χ2v) is 5.25. The van der Waals surface area contributed by atoms with E-state index in [2.05, 4.69) is 4.98 Å². The zero-order chi connectivity index (χ0) is 15.1. The van der Waals surface area contributed by atoms with Gasteiger partial charge in [0.15, 0.2) is 0 Å². The second-order valence-electron chi connectivity index (χ2n) is 5.25. The SMILES string of the molecule is O=C(O)c1cccc2[nH]c3cccc(-c4ccccc4)c3c12. The van der Waals surface area contributed by atoms with E-state index in [1.54, 1.807) is 12.1 Å². The summed E-state index contributed by atoms with van der Waals surface area (Å²) in [6.07, 6.45) is 0. The van der Waals surface area contributed by atoms with Gasteiger partial charge in [0.05, 0.1) is 5.56 Å². The Morgan fingerprint density at radius 1 is 0.773 bits per heavy atom. The molecule has 22 heavy (non-hydrogen) atoms. The summed E-state index contributed by atoms with van der Waals surface area (Å²) in [6.45, 7) is 0. The molecule has 4 rings (SSSR count). The van der Waals surface area contributed by atoms with Crippen LogP contribution in [0.3, 0.4) is 0 Å². The number of aromatic carboxylic acids is 1. The van der Waals surface area contributed by atoms with Gasteiger partial charge in [0.2, 0.25) is 0 Å². The number of carbonyl (C=O) groups is 1. The average molecular weight is 287 g/mol. The molecule has 0 atom stereocenters. The quantitative estimate of drug-likeness (QED) is 0.562. The number of aromatic amines is 1. The molecule has 3 nitrogen and oxygen atoms in total. The largest absolute Gasteiger partial charge is 0.478 e. The van der Waals surface area contributed by atoms with Crippen molar-refractivity contribution in [3.8, 4) is 11.1 Å². The molecular weight excluding hydrogens is 274 g/mol. The summed E-state index contributed by atoms with van der Waals surface area (Å²) in [5, 5.41) is 11.2. The lowest BCUT2D eigenvalue weighted by atomic mass is 9.97. The number of carboxylic acids is 1. The van der Waals surface area contributed by atoms with E-state index in [1.165, 1.54) is 0 Å². The molecule has 0 aliphatic heterocycles. The van der Waals surface area contributed by atoms with Gasteiger partial charge in [0.25, 0.3) is 0 Å². The van der Waals surface area contributed by atoms with E-state index in [-0.39, 0.29) is 0 Å². The molecule has 0 saturated carbocycles. The number of hydrogen-bond acceptors (Lipinski definition) is 1. The molecular formula is C19H13NO2. The molecule has 0 aliphatic carbocycles. The Hall–Kier alpha value is -3.07. The summed E-state index contributed by atoms with van der Waals surface area (Å²) in [5.41, 5.74) is 4.24. The minimum atomic E-state index is -0.908. The van der Waals surface area contributed by atoms with Gasteiger partial charge in [0.1, 0.15) is 0 Å². The van der Waals surface area contributed by atoms with Crippen molar-refractivity contribution in [2.24, 2.45) is 0 Å². The number of benzene rings is 3. The summed E-state index contributed by atoms with van der Waals surface area (Å²) in [4.78, 5) is 14.9. The van der Waals surface area contributed by atoms with E-state index in [9.17, 15) is 9.90 Å². The molecule has 3 heteroatoms. The van der Waals surface area contributed by atoms with E-state index in [4.69, 9.17) is 0 Å². The van der Waals surface area contributed by atoms with Crippen LogP contribution >= 0.6 is 0 Å². The molecule has 0 fully saturated rings. The Morgan fingerprint density at radius 3 is 2.18 bits per heavy atom. The Bertz CT molecular complexity index is 1000. The van der Waals surface area contributed by atoms with Gasteiger partial charge in [0, 0.05) is 21.8 Å². The normalized spacial score (nSPS) is 11.1. The Labute approximate surface area is 126 Å². The molecule has 0 radical (unpaired) electrons. The van der Waals surface area contributed by atoms with E-state index in [0.29, 0.717) is 5.56 Å². The lowest BCUT2D eigenvalue weighted by Crippen LogP contribution is -1.96. The molecule has 0 amide bonds. The number of aromatic nitrogens is 1. The van der Waals surface area contributed by atoms with Gasteiger partial charge in [-0.25, -0.2) is 4.79 Å². The molecule has 0 saturated heterocycles. The molecule has 2 N–H and O–H groups in total. The van der Waals surface area contributed by atoms with Crippen molar-refractivity contribution in [3.63, 3.8) is 0 Å². The smallest absolute Gasteiger partial charge is 0.336 e. The van der Waals surface area contributed by atoms with Gasteiger partial charge in [-0.2, -0.15) is 0 Å². The predicted octanol–water partition coefficient (Wildman–Crippen LogP) is 4.69. The third-order valence-corrected chi connectivity index (χ3v) is 3.96. The first-order valence-electron chi connectivity index (χ1n) is 7.08. The van der Waals surface area contributed by atoms with Crippen molar-refractivity contribution in [1.82, 2.24) is 4.98 Å². The molecule has 1 aromatic heterocycles. The summed E-state index contributed by atoms with van der Waals surface area (Å²) in [6, 6.07) is 21.4. The predicted molar refractivity (Wildman–Crippen MR) is 88.2 cm³/mol. The van der Waals surface area contributed by atoms with Crippen molar-refractivity contribution in [2.45, 2.75) is 0 Å². The maximum Gasteiger partial charge on any atom is 0.336 e. The monoisotopic (exact) mass is 287 g/mol. The first-order valence-corrected chi connectivity index (χ1v) is 7.08. The first kappa shape index (κ1) is 12.7. The fourth-order valence-electron chi connectivity index (χ4n) is 3.03. The van der Waals surface area contributed by atoms with Crippen molar-refractivity contribution >= 4 is 27.8 Å². The summed E-state index contributed by atoms with van der Waals surface area (Å²) < 4.78 is 0. The van der Waals surface area contributed by atoms with Crippen molar-refractivity contribution in [1.29, 1.82) is 0 Å². The first-order chi connectivity index (χ1) is 10.8. The zero-order valence-electron chi connectivity index (χ0n) is 11.7. The summed E-state index contributed by atoms with van der Waals surface area (Å²) >= 11 is 0. The fourth-order valence-corrected chi connectivity index (χ4v) is 3.03. The van der Waals surface area contributed by atoms with Gasteiger partial charge in [-0.15, -0.1) is 0 Å². The van der Waals surface area contributed by atoms with E-state index < -0.39 is 5.97 Å². The Balaban J connectivity index is 2.20. The van der Waals surface area contributed by atoms with Crippen LogP contribution in [0.5, 0.6) is 0 Å². The van der Waals surface area contributed by atoms with Crippen LogP contribution in [-0.4, -0.2) is 16.1 Å². The number of H-pyrrole nitrogens is 1. The fraction of sp³-hybridized carbons (Fsp3) is 0. The topological polar surface area (TPSA) is 53.1 Å². The van der Waals surface area contributed by atoms with Crippen LogP contribution in [0.2, 0.25) is 0 Å². The van der Waals surface area contributed by atoms with Gasteiger partial charge in [-0.3, -0.25) is 0 Å². The van der Waals surface area contributed by atoms with Crippen LogP contribution in [0.25, 0.3) is 32.9 Å². The van der Waals surface area contributed by atoms with Crippen molar-refractivity contribution in [3.05, 3.63) is 72.3 Å². The third kappa shape index (κ3) is 1.79. The van der Waals surface area contributed by atoms with Crippen LogP contribution in [-0.2, 0) is 0 Å². The summed E-state index contributed by atoms with van der Waals surface area (Å²) in [7, 11) is 0. The molecule has 0 spiro atoms. The number of nitrogens with one attached hydrogen (secondary N) is 1. The zero-order valence-corrected chi connectivity index (χ0v) is 11.7. The van der Waals surface area contributed by atoms with E-state index in [0.717, 1.165) is 32.9 Å². The number of carboxylic acid groups (broad SMARTS) is 1. The highest BCUT2D eigenvalue weighted by atomic mass is 16.4. The number of rotatable bonds is 2. The van der Waals surface area contributed by atoms with Crippen molar-refractivity contribution in [2.75, 3.05) is 0 Å². The molecule has 3 aromatic carbocycles. The average Bonchev–Trinajstić information content (AvgIpc) is 2.94. The highest BCUT2D eigenvalue weighted by Gasteiger charge is 2.16. The Morgan fingerprint density at radius 2 is 1.45 bits per heavy atom. The van der Waals surface area contributed by atoms with Gasteiger partial charge in [-0.1, -0.05) is 48.5 Å². The maximum atomic E-state index is 11.6. The Kier molecular flexibility index (Phi) is 2.73. The minimum absolute atomic E-state index is 0.326. The maximum absolute atomic E-state index is 11.6. The highest BCUT2D eigenvalue weighted by Crippen LogP contribution is 2.36. The van der Waals surface area contributed by atoms with Crippen LogP contribution in [0, 0.1) is 0 Å². The highest BCUT2D eigenvalue weighted by molar-refractivity contribution is 6.20. The van der Waals surface area contributed by atoms with E-state index in [1.807, 2.05) is 54.6 Å². The molecule has 1 heterocycles. The molecule has 4 aromatic rings. The van der Waals surface area contributed by atoms with Crippen LogP contribution in [0.1, 0.15) is 10.4 Å². The van der Waals surface area contributed by atoms with Crippen LogP contribution in [0.15, 0.2) is 66.7 Å². The third-order valence-electron chi connectivity index (χ3n) is 3.96. The number of fused-ring (bicyclic) bond motifs is 3. The van der Waals surface area contributed by atoms with Gasteiger partial charge < -0.3 is 10.1 Å². The molecule has 0 aliphatic rings.